The Balaban J connectivity index is 1.63. The summed E-state index contributed by atoms with van der Waals surface area (Å²) in [5.41, 5.74) is 2.19. The van der Waals surface area contributed by atoms with Crippen LogP contribution in [0.1, 0.15) is 36.3 Å². The van der Waals surface area contributed by atoms with Crippen molar-refractivity contribution in [3.05, 3.63) is 47.8 Å². The molecule has 0 aliphatic carbocycles. The van der Waals surface area contributed by atoms with Gasteiger partial charge < -0.3 is 9.47 Å². The minimum atomic E-state index is -3.70. The number of aromatic nitrogens is 1. The molecule has 0 spiro atoms. The summed E-state index contributed by atoms with van der Waals surface area (Å²) in [6.07, 6.45) is 3.38. The van der Waals surface area contributed by atoms with E-state index in [1.807, 2.05) is 29.2 Å². The normalized spacial score (nSPS) is 22.4. The predicted octanol–water partition coefficient (Wildman–Crippen LogP) is 2.89. The van der Waals surface area contributed by atoms with E-state index in [2.05, 4.69) is 13.8 Å². The van der Waals surface area contributed by atoms with Gasteiger partial charge in [-0.1, -0.05) is 32.0 Å². The summed E-state index contributed by atoms with van der Waals surface area (Å²) in [4.78, 5) is 15.1. The lowest BCUT2D eigenvalue weighted by molar-refractivity contribution is 0.0613. The molecule has 2 aliphatic rings. The van der Waals surface area contributed by atoms with Gasteiger partial charge in [-0.15, -0.1) is 0 Å². The zero-order valence-corrected chi connectivity index (χ0v) is 17.4. The van der Waals surface area contributed by atoms with Crippen LogP contribution in [0.15, 0.2) is 41.4 Å². The van der Waals surface area contributed by atoms with E-state index in [-0.39, 0.29) is 10.8 Å². The number of aryl methyl sites for hydroxylation is 1. The third-order valence-electron chi connectivity index (χ3n) is 5.79. The van der Waals surface area contributed by atoms with Crippen molar-refractivity contribution >= 4 is 21.6 Å². The van der Waals surface area contributed by atoms with Crippen LogP contribution >= 0.6 is 0 Å². The summed E-state index contributed by atoms with van der Waals surface area (Å²) >= 11 is 0. The quantitative estimate of drug-likeness (QED) is 0.794. The highest BCUT2D eigenvalue weighted by Gasteiger charge is 2.33. The van der Waals surface area contributed by atoms with Gasteiger partial charge in [0.1, 0.15) is 10.6 Å². The Morgan fingerprint density at radius 3 is 2.50 bits per heavy atom. The van der Waals surface area contributed by atoms with Crippen molar-refractivity contribution in [3.8, 4) is 0 Å². The summed E-state index contributed by atoms with van der Waals surface area (Å²) < 4.78 is 29.6. The highest BCUT2D eigenvalue weighted by atomic mass is 32.2. The summed E-state index contributed by atoms with van der Waals surface area (Å²) in [5.74, 6) is 0.818. The Bertz CT molecular complexity index is 1000. The number of piperidine rings is 1. The first kappa shape index (κ1) is 19.1. The minimum absolute atomic E-state index is 0.0934. The average molecular weight is 402 g/mol. The zero-order valence-electron chi connectivity index (χ0n) is 16.6. The molecule has 1 aromatic heterocycles. The maximum absolute atomic E-state index is 13.3. The van der Waals surface area contributed by atoms with E-state index in [1.165, 1.54) is 10.4 Å². The number of carbonyl (C=O) groups excluding carboxylic acids is 1. The van der Waals surface area contributed by atoms with Gasteiger partial charge >= 0.3 is 0 Å². The number of anilines is 1. The first-order chi connectivity index (χ1) is 13.3. The molecule has 1 saturated heterocycles. The van der Waals surface area contributed by atoms with Crippen LogP contribution < -0.4 is 4.31 Å². The first-order valence-electron chi connectivity index (χ1n) is 9.83. The summed E-state index contributed by atoms with van der Waals surface area (Å²) in [6, 6.07) is 9.11. The molecule has 2 aromatic rings. The van der Waals surface area contributed by atoms with Crippen LogP contribution in [0.5, 0.6) is 0 Å². The lowest BCUT2D eigenvalue weighted by Crippen LogP contribution is -2.43. The van der Waals surface area contributed by atoms with Crippen molar-refractivity contribution < 1.29 is 13.2 Å². The molecule has 0 bridgehead atoms. The van der Waals surface area contributed by atoms with E-state index >= 15 is 0 Å². The lowest BCUT2D eigenvalue weighted by Gasteiger charge is -2.35. The molecule has 28 heavy (non-hydrogen) atoms. The Morgan fingerprint density at radius 2 is 1.79 bits per heavy atom. The molecule has 2 aliphatic heterocycles. The molecule has 3 heterocycles. The van der Waals surface area contributed by atoms with Gasteiger partial charge in [0, 0.05) is 32.9 Å². The SMILES string of the molecule is CC1CC(C)CN(C(=O)c2cc(S(=O)(=O)N3CCc4ccccc43)cn2C)C1. The molecule has 0 saturated carbocycles. The van der Waals surface area contributed by atoms with Crippen molar-refractivity contribution in [2.75, 3.05) is 23.9 Å². The van der Waals surface area contributed by atoms with Gasteiger partial charge in [0.15, 0.2) is 0 Å². The van der Waals surface area contributed by atoms with Crippen LogP contribution in [-0.4, -0.2) is 43.4 Å². The third kappa shape index (κ3) is 3.21. The van der Waals surface area contributed by atoms with Crippen LogP contribution in [0.25, 0.3) is 0 Å². The van der Waals surface area contributed by atoms with Crippen LogP contribution in [-0.2, 0) is 23.5 Å². The molecule has 150 valence electrons. The molecule has 2 atom stereocenters. The molecule has 4 rings (SSSR count). The number of sulfonamides is 1. The Kier molecular flexibility index (Phi) is 4.73. The number of rotatable bonds is 3. The van der Waals surface area contributed by atoms with Crippen LogP contribution in [0, 0.1) is 11.8 Å². The molecule has 1 fully saturated rings. The summed E-state index contributed by atoms with van der Waals surface area (Å²) in [7, 11) is -1.96. The largest absolute Gasteiger partial charge is 0.345 e. The van der Waals surface area contributed by atoms with Gasteiger partial charge in [-0.25, -0.2) is 8.42 Å². The van der Waals surface area contributed by atoms with Crippen LogP contribution in [0.3, 0.4) is 0 Å². The second-order valence-electron chi connectivity index (χ2n) is 8.28. The van der Waals surface area contributed by atoms with Crippen molar-refractivity contribution in [3.63, 3.8) is 0 Å². The van der Waals surface area contributed by atoms with Crippen molar-refractivity contribution in [2.45, 2.75) is 31.6 Å². The van der Waals surface area contributed by atoms with Crippen molar-refractivity contribution in [2.24, 2.45) is 18.9 Å². The van der Waals surface area contributed by atoms with E-state index in [0.717, 1.165) is 30.8 Å². The van der Waals surface area contributed by atoms with Gasteiger partial charge in [-0.3, -0.25) is 9.10 Å². The smallest absolute Gasteiger partial charge is 0.270 e. The fourth-order valence-corrected chi connectivity index (χ4v) is 6.14. The Morgan fingerprint density at radius 1 is 1.11 bits per heavy atom. The number of likely N-dealkylation sites (tertiary alicyclic amines) is 1. The van der Waals surface area contributed by atoms with Crippen LogP contribution in [0.2, 0.25) is 0 Å². The number of carbonyl (C=O) groups is 1. The molecule has 0 N–H and O–H groups in total. The van der Waals surface area contributed by atoms with Crippen molar-refractivity contribution in [1.29, 1.82) is 0 Å². The molecule has 7 heteroatoms. The Labute approximate surface area is 166 Å². The molecular formula is C21H27N3O3S. The van der Waals surface area contributed by atoms with E-state index in [9.17, 15) is 13.2 Å². The predicted molar refractivity (Wildman–Crippen MR) is 109 cm³/mol. The zero-order chi connectivity index (χ0) is 20.1. The number of fused-ring (bicyclic) bond motifs is 1. The maximum atomic E-state index is 13.3. The second-order valence-corrected chi connectivity index (χ2v) is 10.1. The van der Waals surface area contributed by atoms with Gasteiger partial charge in [0.2, 0.25) is 0 Å². The standard InChI is InChI=1S/C21H27N3O3S/c1-15-10-16(2)13-23(12-15)21(25)20-11-18(14-22(20)3)28(26,27)24-9-8-17-6-4-5-7-19(17)24/h4-7,11,14-16H,8-10,12-13H2,1-3H3. The average Bonchev–Trinajstić information content (AvgIpc) is 3.24. The van der Waals surface area contributed by atoms with E-state index < -0.39 is 10.0 Å². The van der Waals surface area contributed by atoms with Gasteiger partial charge in [-0.05, 0) is 42.4 Å². The molecule has 6 nitrogen and oxygen atoms in total. The van der Waals surface area contributed by atoms with E-state index in [4.69, 9.17) is 0 Å². The van der Waals surface area contributed by atoms with E-state index in [1.54, 1.807) is 17.8 Å². The number of hydrogen-bond donors (Lipinski definition) is 0. The maximum Gasteiger partial charge on any atom is 0.270 e. The minimum Gasteiger partial charge on any atom is -0.345 e. The Hall–Kier alpha value is -2.28. The second kappa shape index (κ2) is 6.95. The third-order valence-corrected chi connectivity index (χ3v) is 7.57. The highest BCUT2D eigenvalue weighted by molar-refractivity contribution is 7.92. The van der Waals surface area contributed by atoms with Crippen molar-refractivity contribution in [1.82, 2.24) is 9.47 Å². The lowest BCUT2D eigenvalue weighted by atomic mass is 9.92. The number of hydrogen-bond acceptors (Lipinski definition) is 3. The molecular weight excluding hydrogens is 374 g/mol. The van der Waals surface area contributed by atoms with E-state index in [0.29, 0.717) is 30.5 Å². The number of nitrogens with zero attached hydrogens (tertiary/aromatic N) is 3. The van der Waals surface area contributed by atoms with Gasteiger partial charge in [0.25, 0.3) is 15.9 Å². The summed E-state index contributed by atoms with van der Waals surface area (Å²) in [6.45, 7) is 6.18. The fourth-order valence-electron chi connectivity index (χ4n) is 4.56. The summed E-state index contributed by atoms with van der Waals surface area (Å²) in [5, 5.41) is 0. The van der Waals surface area contributed by atoms with Gasteiger partial charge in [0.05, 0.1) is 5.69 Å². The fraction of sp³-hybridized carbons (Fsp3) is 0.476. The monoisotopic (exact) mass is 401 g/mol. The highest BCUT2D eigenvalue weighted by Crippen LogP contribution is 2.33. The molecule has 0 radical (unpaired) electrons. The van der Waals surface area contributed by atoms with Gasteiger partial charge in [-0.2, -0.15) is 0 Å². The number of amides is 1. The molecule has 2 unspecified atom stereocenters. The number of para-hydroxylation sites is 1. The van der Waals surface area contributed by atoms with Crippen LogP contribution in [0.4, 0.5) is 5.69 Å². The molecule has 1 aromatic carbocycles. The topological polar surface area (TPSA) is 62.6 Å². The number of benzene rings is 1. The first-order valence-corrected chi connectivity index (χ1v) is 11.3. The molecule has 1 amide bonds.